The highest BCUT2D eigenvalue weighted by Crippen LogP contribution is 2.21. The maximum absolute atomic E-state index is 11.6. The zero-order valence-corrected chi connectivity index (χ0v) is 13.1. The van der Waals surface area contributed by atoms with E-state index in [0.29, 0.717) is 6.54 Å². The number of rotatable bonds is 7. The first-order chi connectivity index (χ1) is 9.42. The molecule has 110 valence electrons. The molecule has 4 N–H and O–H groups in total. The van der Waals surface area contributed by atoms with Crippen LogP contribution in [0.4, 0.5) is 0 Å². The van der Waals surface area contributed by atoms with Gasteiger partial charge in [0.15, 0.2) is 6.54 Å². The molecule has 6 nitrogen and oxygen atoms in total. The van der Waals surface area contributed by atoms with Gasteiger partial charge < -0.3 is 20.7 Å². The van der Waals surface area contributed by atoms with E-state index in [1.54, 1.807) is 7.11 Å². The number of carbonyl (C=O) groups excluding carboxylic acids is 2. The van der Waals surface area contributed by atoms with Gasteiger partial charge >= 0.3 is 0 Å². The van der Waals surface area contributed by atoms with Crippen LogP contribution in [0.5, 0.6) is 5.75 Å². The van der Waals surface area contributed by atoms with Crippen LogP contribution in [0.25, 0.3) is 0 Å². The van der Waals surface area contributed by atoms with Crippen LogP contribution in [0, 0.1) is 0 Å². The van der Waals surface area contributed by atoms with E-state index in [2.05, 4.69) is 21.2 Å². The van der Waals surface area contributed by atoms with Gasteiger partial charge in [-0.15, -0.1) is 0 Å². The third-order valence-corrected chi connectivity index (χ3v) is 3.15. The molecule has 0 fully saturated rings. The number of halogens is 1. The lowest BCUT2D eigenvalue weighted by atomic mass is 10.2. The fraction of sp³-hybridized carbons (Fsp3) is 0.385. The number of nitrogens with two attached hydrogens (primary N) is 1. The van der Waals surface area contributed by atoms with E-state index in [0.717, 1.165) is 20.7 Å². The second kappa shape index (κ2) is 7.86. The van der Waals surface area contributed by atoms with Crippen LogP contribution in [-0.2, 0) is 16.1 Å². The molecule has 0 bridgehead atoms. The van der Waals surface area contributed by atoms with Gasteiger partial charge in [-0.3, -0.25) is 9.59 Å². The quantitative estimate of drug-likeness (QED) is 0.597. The first-order valence-corrected chi connectivity index (χ1v) is 6.90. The molecule has 20 heavy (non-hydrogen) atoms. The molecular weight excluding hydrogens is 326 g/mol. The summed E-state index contributed by atoms with van der Waals surface area (Å²) in [4.78, 5) is 23.1. The standard InChI is InChI=1S/C13H18BrN3O3/c1-17(8-13(19)16-6-12(15)18)7-9-5-10(14)3-4-11(9)20-2/h3-5H,6-8H2,1-2H3,(H2,15,18)(H,16,19)/p+1. The molecule has 1 aromatic rings. The Morgan fingerprint density at radius 3 is 2.75 bits per heavy atom. The Labute approximate surface area is 126 Å². The summed E-state index contributed by atoms with van der Waals surface area (Å²) >= 11 is 3.41. The van der Waals surface area contributed by atoms with Gasteiger partial charge in [0, 0.05) is 10.0 Å². The average Bonchev–Trinajstić information content (AvgIpc) is 2.36. The second-order valence-electron chi connectivity index (χ2n) is 4.51. The average molecular weight is 345 g/mol. The van der Waals surface area contributed by atoms with E-state index < -0.39 is 5.91 Å². The molecule has 1 atom stereocenters. The van der Waals surface area contributed by atoms with Crippen molar-refractivity contribution < 1.29 is 19.2 Å². The summed E-state index contributed by atoms with van der Waals surface area (Å²) in [5, 5.41) is 2.46. The first-order valence-electron chi connectivity index (χ1n) is 6.11. The van der Waals surface area contributed by atoms with Gasteiger partial charge in [-0.1, -0.05) is 15.9 Å². The molecule has 0 heterocycles. The fourth-order valence-electron chi connectivity index (χ4n) is 1.80. The van der Waals surface area contributed by atoms with Gasteiger partial charge in [-0.05, 0) is 18.2 Å². The summed E-state index contributed by atoms with van der Waals surface area (Å²) in [6.07, 6.45) is 0. The predicted molar refractivity (Wildman–Crippen MR) is 78.4 cm³/mol. The third kappa shape index (κ3) is 5.58. The lowest BCUT2D eigenvalue weighted by Gasteiger charge is -2.15. The third-order valence-electron chi connectivity index (χ3n) is 2.66. The summed E-state index contributed by atoms with van der Waals surface area (Å²) in [5.41, 5.74) is 5.97. The minimum atomic E-state index is -0.551. The van der Waals surface area contributed by atoms with Crippen molar-refractivity contribution in [2.24, 2.45) is 5.73 Å². The van der Waals surface area contributed by atoms with Gasteiger partial charge in [-0.2, -0.15) is 0 Å². The van der Waals surface area contributed by atoms with Crippen molar-refractivity contribution in [2.45, 2.75) is 6.54 Å². The lowest BCUT2D eigenvalue weighted by Crippen LogP contribution is -3.08. The first kappa shape index (κ1) is 16.5. The van der Waals surface area contributed by atoms with Crippen LogP contribution >= 0.6 is 15.9 Å². The fourth-order valence-corrected chi connectivity index (χ4v) is 2.20. The highest BCUT2D eigenvalue weighted by molar-refractivity contribution is 9.10. The molecule has 1 rings (SSSR count). The Morgan fingerprint density at radius 2 is 2.15 bits per heavy atom. The van der Waals surface area contributed by atoms with Crippen LogP contribution in [0.2, 0.25) is 0 Å². The van der Waals surface area contributed by atoms with Crippen molar-refractivity contribution in [2.75, 3.05) is 27.2 Å². The Morgan fingerprint density at radius 1 is 1.45 bits per heavy atom. The summed E-state index contributed by atoms with van der Waals surface area (Å²) < 4.78 is 6.25. The number of hydrogen-bond acceptors (Lipinski definition) is 3. The molecule has 0 aliphatic carbocycles. The predicted octanol–water partition coefficient (Wildman–Crippen LogP) is -0.926. The van der Waals surface area contributed by atoms with Crippen molar-refractivity contribution in [3.63, 3.8) is 0 Å². The van der Waals surface area contributed by atoms with E-state index in [9.17, 15) is 9.59 Å². The zero-order chi connectivity index (χ0) is 15.1. The van der Waals surface area contributed by atoms with Gasteiger partial charge in [0.1, 0.15) is 12.3 Å². The summed E-state index contributed by atoms with van der Waals surface area (Å²) in [5.74, 6) is 0.0185. The number of carbonyl (C=O) groups is 2. The van der Waals surface area contributed by atoms with Crippen molar-refractivity contribution in [1.29, 1.82) is 0 Å². The number of benzene rings is 1. The summed E-state index contributed by atoms with van der Waals surface area (Å²) in [6, 6.07) is 5.74. The molecule has 0 spiro atoms. The van der Waals surface area contributed by atoms with Gasteiger partial charge in [0.05, 0.1) is 20.7 Å². The summed E-state index contributed by atoms with van der Waals surface area (Å²) in [7, 11) is 3.51. The van der Waals surface area contributed by atoms with Crippen molar-refractivity contribution in [3.05, 3.63) is 28.2 Å². The molecule has 1 unspecified atom stereocenters. The van der Waals surface area contributed by atoms with Crippen molar-refractivity contribution in [3.8, 4) is 5.75 Å². The Kier molecular flexibility index (Phi) is 6.47. The van der Waals surface area contributed by atoms with Crippen molar-refractivity contribution >= 4 is 27.7 Å². The number of amides is 2. The molecule has 0 aromatic heterocycles. The van der Waals surface area contributed by atoms with Crippen LogP contribution in [-0.4, -0.2) is 39.1 Å². The highest BCUT2D eigenvalue weighted by Gasteiger charge is 2.13. The van der Waals surface area contributed by atoms with E-state index in [1.807, 2.05) is 25.2 Å². The van der Waals surface area contributed by atoms with E-state index in [-0.39, 0.29) is 19.0 Å². The largest absolute Gasteiger partial charge is 0.496 e. The maximum atomic E-state index is 11.6. The Balaban J connectivity index is 2.57. The molecule has 2 amide bonds. The maximum Gasteiger partial charge on any atom is 0.275 e. The van der Waals surface area contributed by atoms with Crippen LogP contribution in [0.3, 0.4) is 0 Å². The zero-order valence-electron chi connectivity index (χ0n) is 11.5. The van der Waals surface area contributed by atoms with E-state index in [4.69, 9.17) is 10.5 Å². The van der Waals surface area contributed by atoms with Crippen LogP contribution < -0.4 is 20.7 Å². The Bertz CT molecular complexity index is 494. The van der Waals surface area contributed by atoms with Crippen LogP contribution in [0.1, 0.15) is 5.56 Å². The monoisotopic (exact) mass is 344 g/mol. The number of quaternary nitrogens is 1. The second-order valence-corrected chi connectivity index (χ2v) is 5.43. The normalized spacial score (nSPS) is 11.8. The van der Waals surface area contributed by atoms with Gasteiger partial charge in [-0.25, -0.2) is 0 Å². The lowest BCUT2D eigenvalue weighted by molar-refractivity contribution is -0.885. The minimum absolute atomic E-state index is 0.133. The molecule has 0 radical (unpaired) electrons. The molecular formula is C13H19BrN3O3+. The molecule has 0 aliphatic rings. The van der Waals surface area contributed by atoms with Gasteiger partial charge in [0.2, 0.25) is 5.91 Å². The molecule has 0 saturated carbocycles. The summed E-state index contributed by atoms with van der Waals surface area (Å²) in [6.45, 7) is 0.752. The molecule has 7 heteroatoms. The highest BCUT2D eigenvalue weighted by atomic mass is 79.9. The SMILES string of the molecule is COc1ccc(Br)cc1C[NH+](C)CC(=O)NCC(N)=O. The van der Waals surface area contributed by atoms with E-state index >= 15 is 0 Å². The number of hydrogen-bond donors (Lipinski definition) is 3. The number of ether oxygens (including phenoxy) is 1. The topological polar surface area (TPSA) is 85.9 Å². The number of nitrogens with one attached hydrogen (secondary N) is 2. The number of methoxy groups -OCH3 is 1. The molecule has 1 aromatic carbocycles. The Hall–Kier alpha value is -1.60. The number of likely N-dealkylation sites (N-methyl/N-ethyl adjacent to an activating group) is 1. The minimum Gasteiger partial charge on any atom is -0.496 e. The van der Waals surface area contributed by atoms with Crippen LogP contribution in [0.15, 0.2) is 22.7 Å². The van der Waals surface area contributed by atoms with E-state index in [1.165, 1.54) is 0 Å². The molecule has 0 aliphatic heterocycles. The number of primary amides is 1. The smallest absolute Gasteiger partial charge is 0.275 e. The van der Waals surface area contributed by atoms with Crippen molar-refractivity contribution in [1.82, 2.24) is 5.32 Å². The van der Waals surface area contributed by atoms with Gasteiger partial charge in [0.25, 0.3) is 5.91 Å². The molecule has 0 saturated heterocycles.